The van der Waals surface area contributed by atoms with E-state index in [2.05, 4.69) is 146 Å². The molecule has 4 nitrogen and oxygen atoms in total. The molecule has 0 atom stereocenters. The summed E-state index contributed by atoms with van der Waals surface area (Å²) in [6.07, 6.45) is 1.90. The van der Waals surface area contributed by atoms with Gasteiger partial charge in [0.1, 0.15) is 11.6 Å². The Morgan fingerprint density at radius 3 is 1.95 bits per heavy atom. The van der Waals surface area contributed by atoms with Gasteiger partial charge < -0.3 is 5.11 Å². The molecular weight excluding hydrogens is 866 g/mol. The van der Waals surface area contributed by atoms with Crippen molar-refractivity contribution < 1.29 is 26.2 Å². The predicted molar refractivity (Wildman–Crippen MR) is 224 cm³/mol. The maximum atomic E-state index is 11.1. The fraction of sp³-hybridized carbons (Fsp3) is 0.0588. The van der Waals surface area contributed by atoms with Gasteiger partial charge in [-0.1, -0.05) is 163 Å². The Labute approximate surface area is 341 Å². The van der Waals surface area contributed by atoms with Crippen LogP contribution in [0.1, 0.15) is 25.0 Å². The van der Waals surface area contributed by atoms with E-state index >= 15 is 0 Å². The van der Waals surface area contributed by atoms with Crippen LogP contribution in [0.25, 0.3) is 83.9 Å². The molecule has 0 fully saturated rings. The summed E-state index contributed by atoms with van der Waals surface area (Å²) in [6, 6.07) is 62.4. The van der Waals surface area contributed by atoms with Gasteiger partial charge in [0.05, 0.1) is 16.6 Å². The van der Waals surface area contributed by atoms with E-state index in [9.17, 15) is 5.11 Å². The molecule has 56 heavy (non-hydrogen) atoms. The van der Waals surface area contributed by atoms with Crippen molar-refractivity contribution in [2.75, 3.05) is 0 Å². The zero-order chi connectivity index (χ0) is 37.1. The average molecular weight is 902 g/mol. The molecule has 7 aromatic carbocycles. The molecule has 0 radical (unpaired) electrons. The van der Waals surface area contributed by atoms with Crippen LogP contribution in [0.5, 0.6) is 5.75 Å². The summed E-state index contributed by atoms with van der Waals surface area (Å²) in [5.41, 5.74) is 16.4. The normalized spacial score (nSPS) is 12.5. The molecule has 0 saturated heterocycles. The van der Waals surface area contributed by atoms with Gasteiger partial charge in [0, 0.05) is 44.1 Å². The molecule has 2 heterocycles. The number of hydrogen-bond donors (Lipinski definition) is 1. The second-order valence-corrected chi connectivity index (χ2v) is 14.7. The first-order chi connectivity index (χ1) is 27.0. The van der Waals surface area contributed by atoms with Crippen LogP contribution in [-0.4, -0.2) is 19.6 Å². The Bertz CT molecular complexity index is 2900. The van der Waals surface area contributed by atoms with Crippen molar-refractivity contribution in [3.63, 3.8) is 0 Å². The van der Waals surface area contributed by atoms with Crippen molar-refractivity contribution >= 4 is 11.0 Å². The maximum Gasteiger partial charge on any atom is 0.148 e. The van der Waals surface area contributed by atoms with Crippen molar-refractivity contribution in [3.8, 4) is 78.6 Å². The number of nitrogens with zero attached hydrogens (tertiary/aromatic N) is 3. The van der Waals surface area contributed by atoms with Gasteiger partial charge in [-0.2, -0.15) is 0 Å². The van der Waals surface area contributed by atoms with Crippen LogP contribution in [0.2, 0.25) is 0 Å². The summed E-state index contributed by atoms with van der Waals surface area (Å²) in [5.74, 6) is 0.857. The minimum atomic E-state index is -0.256. The van der Waals surface area contributed by atoms with Crippen LogP contribution in [0, 0.1) is 6.07 Å². The third-order valence-electron chi connectivity index (χ3n) is 11.1. The molecule has 0 unspecified atom stereocenters. The van der Waals surface area contributed by atoms with E-state index in [1.54, 1.807) is 6.07 Å². The molecule has 5 heteroatoms. The van der Waals surface area contributed by atoms with Gasteiger partial charge in [-0.3, -0.25) is 9.55 Å². The quantitative estimate of drug-likeness (QED) is 0.169. The Morgan fingerprint density at radius 1 is 0.571 bits per heavy atom. The van der Waals surface area contributed by atoms with E-state index in [4.69, 9.17) is 9.97 Å². The number of benzene rings is 7. The zero-order valence-electron chi connectivity index (χ0n) is 30.8. The monoisotopic (exact) mass is 901 g/mol. The average Bonchev–Trinajstić information content (AvgIpc) is 3.74. The molecule has 0 aliphatic heterocycles. The number of imidazole rings is 1. The standard InChI is InChI=1S/C51H36N3O.Pt/c1-51(2)43-21-11-9-18-40(43)48-42(39-20-13-22-46-49(39)53-50(41-19-10-12-23-47(41)55)54(46)38-16-7-4-8-17-38)30-37(31-44(48)51)45-32-36(28-29-52-45)35-26-24-34(25-27-35)33-14-5-3-6-15-33;/h3-29,31-32,55H,1-2H3;/q-1;. The number of aromatic nitrogens is 3. The number of pyridine rings is 1. The first-order valence-electron chi connectivity index (χ1n) is 18.6. The Hall–Kier alpha value is -6.35. The van der Waals surface area contributed by atoms with Gasteiger partial charge in [-0.25, -0.2) is 4.98 Å². The third kappa shape index (κ3) is 5.80. The van der Waals surface area contributed by atoms with Crippen molar-refractivity contribution in [3.05, 3.63) is 193 Å². The Morgan fingerprint density at radius 2 is 1.20 bits per heavy atom. The van der Waals surface area contributed by atoms with Crippen LogP contribution in [0.4, 0.5) is 0 Å². The van der Waals surface area contributed by atoms with E-state index in [0.29, 0.717) is 11.4 Å². The summed E-state index contributed by atoms with van der Waals surface area (Å²) in [4.78, 5) is 10.3. The molecule has 0 spiro atoms. The minimum absolute atomic E-state index is 0. The SMILES string of the molecule is CC1(C)c2ccccc2-c2c(-c3cccc4c3nc(-c3ccccc3O)n4-c3ccccc3)[c-]c(-c3cc(-c4ccc(-c5ccccc5)cc4)ccn3)cc21.[Pt]. The van der Waals surface area contributed by atoms with Gasteiger partial charge >= 0.3 is 0 Å². The minimum Gasteiger partial charge on any atom is -0.507 e. The number of para-hydroxylation sites is 3. The molecule has 272 valence electrons. The summed E-state index contributed by atoms with van der Waals surface area (Å²) in [5, 5.41) is 11.1. The number of phenols is 1. The largest absolute Gasteiger partial charge is 0.507 e. The molecule has 0 bridgehead atoms. The van der Waals surface area contributed by atoms with E-state index in [-0.39, 0.29) is 32.2 Å². The molecule has 9 aromatic rings. The maximum absolute atomic E-state index is 11.1. The first-order valence-corrected chi connectivity index (χ1v) is 18.6. The number of hydrogen-bond acceptors (Lipinski definition) is 3. The fourth-order valence-electron chi connectivity index (χ4n) is 8.31. The number of phenolic OH excluding ortho intramolecular Hbond substituents is 1. The van der Waals surface area contributed by atoms with Crippen LogP contribution in [0.3, 0.4) is 0 Å². The van der Waals surface area contributed by atoms with Crippen LogP contribution in [-0.2, 0) is 26.5 Å². The van der Waals surface area contributed by atoms with Crippen LogP contribution < -0.4 is 0 Å². The summed E-state index contributed by atoms with van der Waals surface area (Å²) >= 11 is 0. The Kier molecular flexibility index (Phi) is 8.87. The Balaban J connectivity index is 0.00000410. The number of fused-ring (bicyclic) bond motifs is 4. The fourth-order valence-corrected chi connectivity index (χ4v) is 8.31. The van der Waals surface area contributed by atoms with Gasteiger partial charge in [0.2, 0.25) is 0 Å². The molecular formula is C51H36N3OPt-. The molecule has 0 amide bonds. The second kappa shape index (κ2) is 14.1. The number of rotatable bonds is 6. The summed E-state index contributed by atoms with van der Waals surface area (Å²) < 4.78 is 2.14. The first kappa shape index (κ1) is 35.4. The topological polar surface area (TPSA) is 50.9 Å². The van der Waals surface area contributed by atoms with Crippen molar-refractivity contribution in [1.82, 2.24) is 14.5 Å². The molecule has 10 rings (SSSR count). The predicted octanol–water partition coefficient (Wildman–Crippen LogP) is 12.6. The van der Waals surface area contributed by atoms with E-state index in [1.165, 1.54) is 33.4 Å². The van der Waals surface area contributed by atoms with Crippen LogP contribution >= 0.6 is 0 Å². The van der Waals surface area contributed by atoms with Crippen molar-refractivity contribution in [2.45, 2.75) is 19.3 Å². The van der Waals surface area contributed by atoms with E-state index < -0.39 is 0 Å². The number of aromatic hydroxyl groups is 1. The van der Waals surface area contributed by atoms with E-state index in [1.807, 2.05) is 48.7 Å². The molecule has 1 N–H and O–H groups in total. The molecule has 1 aliphatic rings. The van der Waals surface area contributed by atoms with Gasteiger partial charge in [0.25, 0.3) is 0 Å². The van der Waals surface area contributed by atoms with Gasteiger partial charge in [0.15, 0.2) is 0 Å². The van der Waals surface area contributed by atoms with Crippen molar-refractivity contribution in [2.24, 2.45) is 0 Å². The van der Waals surface area contributed by atoms with Crippen LogP contribution in [0.15, 0.2) is 176 Å². The summed E-state index contributed by atoms with van der Waals surface area (Å²) in [6.45, 7) is 4.62. The smallest absolute Gasteiger partial charge is 0.148 e. The molecule has 1 aliphatic carbocycles. The van der Waals surface area contributed by atoms with Crippen molar-refractivity contribution in [1.29, 1.82) is 0 Å². The van der Waals surface area contributed by atoms with Gasteiger partial charge in [-0.15, -0.1) is 17.7 Å². The molecule has 2 aromatic heterocycles. The zero-order valence-corrected chi connectivity index (χ0v) is 33.1. The summed E-state index contributed by atoms with van der Waals surface area (Å²) in [7, 11) is 0. The third-order valence-corrected chi connectivity index (χ3v) is 11.1. The van der Waals surface area contributed by atoms with E-state index in [0.717, 1.165) is 50.2 Å². The molecule has 0 saturated carbocycles. The van der Waals surface area contributed by atoms with Gasteiger partial charge in [-0.05, 0) is 69.8 Å². The second-order valence-electron chi connectivity index (χ2n) is 14.7.